The maximum Gasteiger partial charge on any atom is 0.249 e. The number of carbonyl (C=O) groups excluding carboxylic acids is 1. The smallest absolute Gasteiger partial charge is 0.249 e. The maximum atomic E-state index is 11.1. The van der Waals surface area contributed by atoms with Crippen molar-refractivity contribution in [2.24, 2.45) is 5.73 Å². The Balaban J connectivity index is 2.53. The minimum absolute atomic E-state index is 0.201. The third-order valence-electron chi connectivity index (χ3n) is 2.58. The SMILES string of the molecule is Cc1c(C(N)=O)ccc2c1OC(C)C2. The quantitative estimate of drug-likeness (QED) is 0.729. The second-order valence-electron chi connectivity index (χ2n) is 3.72. The molecule has 1 aromatic carbocycles. The third-order valence-corrected chi connectivity index (χ3v) is 2.58. The summed E-state index contributed by atoms with van der Waals surface area (Å²) in [6, 6.07) is 3.70. The van der Waals surface area contributed by atoms with Crippen molar-refractivity contribution in [1.82, 2.24) is 0 Å². The molecule has 0 radical (unpaired) electrons. The molecule has 0 saturated carbocycles. The second-order valence-corrected chi connectivity index (χ2v) is 3.72. The third kappa shape index (κ3) is 1.25. The number of hydrogen-bond acceptors (Lipinski definition) is 2. The number of carbonyl (C=O) groups is 1. The lowest BCUT2D eigenvalue weighted by molar-refractivity contribution is 0.0999. The fourth-order valence-electron chi connectivity index (χ4n) is 1.89. The van der Waals surface area contributed by atoms with Gasteiger partial charge in [-0.15, -0.1) is 0 Å². The van der Waals surface area contributed by atoms with Crippen LogP contribution in [0.1, 0.15) is 28.4 Å². The highest BCUT2D eigenvalue weighted by Crippen LogP contribution is 2.33. The lowest BCUT2D eigenvalue weighted by Gasteiger charge is -2.08. The van der Waals surface area contributed by atoms with Crippen molar-refractivity contribution >= 4 is 5.91 Å². The highest BCUT2D eigenvalue weighted by molar-refractivity contribution is 5.95. The van der Waals surface area contributed by atoms with E-state index in [1.165, 1.54) is 5.56 Å². The summed E-state index contributed by atoms with van der Waals surface area (Å²) in [7, 11) is 0. The highest BCUT2D eigenvalue weighted by Gasteiger charge is 2.23. The van der Waals surface area contributed by atoms with Gasteiger partial charge < -0.3 is 10.5 Å². The normalized spacial score (nSPS) is 18.9. The van der Waals surface area contributed by atoms with E-state index in [2.05, 4.69) is 0 Å². The molecule has 1 unspecified atom stereocenters. The van der Waals surface area contributed by atoms with Gasteiger partial charge in [-0.25, -0.2) is 0 Å². The molecule has 0 aromatic heterocycles. The van der Waals surface area contributed by atoms with Crippen LogP contribution in [0.25, 0.3) is 0 Å². The maximum absolute atomic E-state index is 11.1. The molecule has 0 aliphatic carbocycles. The summed E-state index contributed by atoms with van der Waals surface area (Å²) < 4.78 is 5.62. The van der Waals surface area contributed by atoms with Gasteiger partial charge in [0.25, 0.3) is 0 Å². The minimum Gasteiger partial charge on any atom is -0.490 e. The molecule has 3 heteroatoms. The summed E-state index contributed by atoms with van der Waals surface area (Å²) in [5.41, 5.74) is 7.83. The molecule has 2 N–H and O–H groups in total. The number of amides is 1. The molecular formula is C11H13NO2. The second kappa shape index (κ2) is 3.01. The number of rotatable bonds is 1. The summed E-state index contributed by atoms with van der Waals surface area (Å²) in [6.07, 6.45) is 1.11. The van der Waals surface area contributed by atoms with Crippen molar-refractivity contribution in [2.45, 2.75) is 26.4 Å². The van der Waals surface area contributed by atoms with Crippen LogP contribution in [0.4, 0.5) is 0 Å². The van der Waals surface area contributed by atoms with Crippen LogP contribution < -0.4 is 10.5 Å². The Hall–Kier alpha value is -1.51. The molecule has 1 aliphatic rings. The van der Waals surface area contributed by atoms with E-state index in [4.69, 9.17) is 10.5 Å². The molecule has 3 nitrogen and oxygen atoms in total. The van der Waals surface area contributed by atoms with Gasteiger partial charge in [0, 0.05) is 17.5 Å². The average molecular weight is 191 g/mol. The molecule has 14 heavy (non-hydrogen) atoms. The number of nitrogens with two attached hydrogens (primary N) is 1. The van der Waals surface area contributed by atoms with Crippen LogP contribution >= 0.6 is 0 Å². The number of hydrogen-bond donors (Lipinski definition) is 1. The Morgan fingerprint density at radius 2 is 2.29 bits per heavy atom. The summed E-state index contributed by atoms with van der Waals surface area (Å²) in [5, 5.41) is 0. The Morgan fingerprint density at radius 3 is 2.93 bits per heavy atom. The van der Waals surface area contributed by atoms with Gasteiger partial charge in [0.1, 0.15) is 11.9 Å². The standard InChI is InChI=1S/C11H13NO2/c1-6-5-8-3-4-9(11(12)13)7(2)10(8)14-6/h3-4,6H,5H2,1-2H3,(H2,12,13). The molecule has 1 aliphatic heterocycles. The van der Waals surface area contributed by atoms with E-state index in [0.29, 0.717) is 5.56 Å². The molecule has 0 bridgehead atoms. The van der Waals surface area contributed by atoms with Gasteiger partial charge in [-0.2, -0.15) is 0 Å². The minimum atomic E-state index is -0.395. The van der Waals surface area contributed by atoms with E-state index in [-0.39, 0.29) is 6.10 Å². The fourth-order valence-corrected chi connectivity index (χ4v) is 1.89. The van der Waals surface area contributed by atoms with Gasteiger partial charge in [0.15, 0.2) is 0 Å². The van der Waals surface area contributed by atoms with Crippen LogP contribution in [0.5, 0.6) is 5.75 Å². The number of benzene rings is 1. The van der Waals surface area contributed by atoms with E-state index in [0.717, 1.165) is 17.7 Å². The van der Waals surface area contributed by atoms with Crippen molar-refractivity contribution in [3.05, 3.63) is 28.8 Å². The fraction of sp³-hybridized carbons (Fsp3) is 0.364. The van der Waals surface area contributed by atoms with Gasteiger partial charge >= 0.3 is 0 Å². The van der Waals surface area contributed by atoms with Crippen LogP contribution in [0, 0.1) is 6.92 Å². The van der Waals surface area contributed by atoms with Crippen LogP contribution in [-0.4, -0.2) is 12.0 Å². The zero-order chi connectivity index (χ0) is 10.3. The molecule has 1 atom stereocenters. The molecule has 0 saturated heterocycles. The van der Waals surface area contributed by atoms with Crippen LogP contribution in [0.15, 0.2) is 12.1 Å². The van der Waals surface area contributed by atoms with Gasteiger partial charge in [-0.1, -0.05) is 6.07 Å². The highest BCUT2D eigenvalue weighted by atomic mass is 16.5. The first-order valence-electron chi connectivity index (χ1n) is 4.68. The van der Waals surface area contributed by atoms with Gasteiger partial charge in [-0.05, 0) is 25.5 Å². The molecular weight excluding hydrogens is 178 g/mol. The molecule has 74 valence electrons. The Kier molecular flexibility index (Phi) is 1.95. The van der Waals surface area contributed by atoms with E-state index in [9.17, 15) is 4.79 Å². The Labute approximate surface area is 82.9 Å². The number of ether oxygens (including phenoxy) is 1. The van der Waals surface area contributed by atoms with Gasteiger partial charge in [0.2, 0.25) is 5.91 Å². The van der Waals surface area contributed by atoms with E-state index < -0.39 is 5.91 Å². The van der Waals surface area contributed by atoms with E-state index >= 15 is 0 Å². The largest absolute Gasteiger partial charge is 0.490 e. The first kappa shape index (κ1) is 9.06. The lowest BCUT2D eigenvalue weighted by atomic mass is 10.0. The lowest BCUT2D eigenvalue weighted by Crippen LogP contribution is -2.13. The summed E-state index contributed by atoms with van der Waals surface area (Å²) in [4.78, 5) is 11.1. The Morgan fingerprint density at radius 1 is 1.57 bits per heavy atom. The zero-order valence-electron chi connectivity index (χ0n) is 8.33. The first-order chi connectivity index (χ1) is 6.59. The molecule has 1 aromatic rings. The van der Waals surface area contributed by atoms with E-state index in [1.807, 2.05) is 19.9 Å². The van der Waals surface area contributed by atoms with Gasteiger partial charge in [-0.3, -0.25) is 4.79 Å². The van der Waals surface area contributed by atoms with Gasteiger partial charge in [0.05, 0.1) is 0 Å². The molecule has 2 rings (SSSR count). The summed E-state index contributed by atoms with van der Waals surface area (Å²) >= 11 is 0. The van der Waals surface area contributed by atoms with Crippen molar-refractivity contribution in [2.75, 3.05) is 0 Å². The van der Waals surface area contributed by atoms with Crippen molar-refractivity contribution in [3.8, 4) is 5.75 Å². The Bertz CT molecular complexity index is 399. The topological polar surface area (TPSA) is 52.3 Å². The predicted molar refractivity (Wildman–Crippen MR) is 53.5 cm³/mol. The van der Waals surface area contributed by atoms with Crippen LogP contribution in [0.2, 0.25) is 0 Å². The van der Waals surface area contributed by atoms with E-state index in [1.54, 1.807) is 6.07 Å². The van der Waals surface area contributed by atoms with Crippen LogP contribution in [-0.2, 0) is 6.42 Å². The molecule has 1 amide bonds. The van der Waals surface area contributed by atoms with Crippen molar-refractivity contribution < 1.29 is 9.53 Å². The van der Waals surface area contributed by atoms with Crippen LogP contribution in [0.3, 0.4) is 0 Å². The monoisotopic (exact) mass is 191 g/mol. The summed E-state index contributed by atoms with van der Waals surface area (Å²) in [5.74, 6) is 0.447. The van der Waals surface area contributed by atoms with Crippen molar-refractivity contribution in [3.63, 3.8) is 0 Å². The molecule has 1 heterocycles. The van der Waals surface area contributed by atoms with Crippen molar-refractivity contribution in [1.29, 1.82) is 0 Å². The molecule has 0 fully saturated rings. The first-order valence-corrected chi connectivity index (χ1v) is 4.68. The average Bonchev–Trinajstić information content (AvgIpc) is 2.46. The number of fused-ring (bicyclic) bond motifs is 1. The zero-order valence-corrected chi connectivity index (χ0v) is 8.33. The molecule has 0 spiro atoms. The number of primary amides is 1. The predicted octanol–water partition coefficient (Wildman–Crippen LogP) is 1.42. The summed E-state index contributed by atoms with van der Waals surface area (Å²) in [6.45, 7) is 3.89.